The summed E-state index contributed by atoms with van der Waals surface area (Å²) in [6, 6.07) is 12.0. The molecule has 0 radical (unpaired) electrons. The van der Waals surface area contributed by atoms with Crippen molar-refractivity contribution >= 4 is 15.9 Å². The second-order valence-electron chi connectivity index (χ2n) is 5.75. The molecule has 2 aromatic carbocycles. The van der Waals surface area contributed by atoms with Crippen molar-refractivity contribution in [2.24, 2.45) is 0 Å². The maximum Gasteiger partial charge on any atom is 0.173 e. The molecule has 0 aliphatic rings. The molecule has 0 atom stereocenters. The summed E-state index contributed by atoms with van der Waals surface area (Å²) in [6.45, 7) is 6.06. The third-order valence-electron chi connectivity index (χ3n) is 3.98. The molecule has 0 spiro atoms. The Hall–Kier alpha value is -1.91. The number of aryl methyl sites for hydroxylation is 3. The summed E-state index contributed by atoms with van der Waals surface area (Å²) < 4.78 is 6.58. The largest absolute Gasteiger partial charge is 0.391 e. The van der Waals surface area contributed by atoms with Crippen molar-refractivity contribution in [3.8, 4) is 22.6 Å². The van der Waals surface area contributed by atoms with Gasteiger partial charge in [-0.25, -0.2) is 0 Å². The van der Waals surface area contributed by atoms with Crippen LogP contribution in [0.5, 0.6) is 0 Å². The average Bonchev–Trinajstić information content (AvgIpc) is 2.90. The first-order valence-electron chi connectivity index (χ1n) is 7.45. The van der Waals surface area contributed by atoms with Crippen LogP contribution in [-0.2, 0) is 6.61 Å². The van der Waals surface area contributed by atoms with E-state index in [1.54, 1.807) is 0 Å². The highest BCUT2D eigenvalue weighted by atomic mass is 79.9. The van der Waals surface area contributed by atoms with Crippen molar-refractivity contribution in [1.29, 1.82) is 0 Å². The number of hydrogen-bond acceptors (Lipinski definition) is 3. The van der Waals surface area contributed by atoms with Gasteiger partial charge in [-0.2, -0.15) is 0 Å². The molecular formula is C19H18BrNO2. The summed E-state index contributed by atoms with van der Waals surface area (Å²) in [6.07, 6.45) is 0. The number of halogens is 1. The van der Waals surface area contributed by atoms with Crippen molar-refractivity contribution in [2.75, 3.05) is 0 Å². The van der Waals surface area contributed by atoms with E-state index in [4.69, 9.17) is 4.52 Å². The van der Waals surface area contributed by atoms with Crippen LogP contribution < -0.4 is 0 Å². The molecule has 0 bridgehead atoms. The lowest BCUT2D eigenvalue weighted by atomic mass is 9.94. The lowest BCUT2D eigenvalue weighted by molar-refractivity contribution is 0.281. The monoisotopic (exact) mass is 371 g/mol. The second-order valence-corrected chi connectivity index (χ2v) is 6.60. The Morgan fingerprint density at radius 2 is 1.74 bits per heavy atom. The molecule has 3 rings (SSSR count). The van der Waals surface area contributed by atoms with Gasteiger partial charge in [0, 0.05) is 15.6 Å². The smallest absolute Gasteiger partial charge is 0.173 e. The molecule has 1 N–H and O–H groups in total. The topological polar surface area (TPSA) is 46.3 Å². The SMILES string of the molecule is Cc1cc(C)c(-c2onc(-c3ccccc3Br)c2CO)c(C)c1. The number of aliphatic hydroxyl groups is 1. The molecule has 0 amide bonds. The van der Waals surface area contributed by atoms with Crippen molar-refractivity contribution in [1.82, 2.24) is 5.16 Å². The number of hydrogen-bond donors (Lipinski definition) is 1. The highest BCUT2D eigenvalue weighted by Crippen LogP contribution is 2.38. The van der Waals surface area contributed by atoms with Gasteiger partial charge in [0.1, 0.15) is 5.69 Å². The standard InChI is InChI=1S/C19H18BrNO2/c1-11-8-12(2)17(13(3)9-11)19-15(10-22)18(21-23-19)14-6-4-5-7-16(14)20/h4-9,22H,10H2,1-3H3. The van der Waals surface area contributed by atoms with E-state index in [2.05, 4.69) is 54.0 Å². The van der Waals surface area contributed by atoms with E-state index in [9.17, 15) is 5.11 Å². The van der Waals surface area contributed by atoms with Gasteiger partial charge >= 0.3 is 0 Å². The maximum atomic E-state index is 9.92. The lowest BCUT2D eigenvalue weighted by Gasteiger charge is -2.10. The second kappa shape index (κ2) is 6.30. The minimum Gasteiger partial charge on any atom is -0.391 e. The van der Waals surface area contributed by atoms with Crippen LogP contribution in [-0.4, -0.2) is 10.3 Å². The molecule has 1 heterocycles. The quantitative estimate of drug-likeness (QED) is 0.688. The molecule has 0 aliphatic carbocycles. The Labute approximate surface area is 144 Å². The number of aromatic nitrogens is 1. The van der Waals surface area contributed by atoms with Crippen LogP contribution in [0.15, 0.2) is 45.4 Å². The van der Waals surface area contributed by atoms with Crippen LogP contribution in [0.1, 0.15) is 22.3 Å². The van der Waals surface area contributed by atoms with Crippen LogP contribution in [0, 0.1) is 20.8 Å². The molecule has 1 aromatic heterocycles. The molecule has 3 nitrogen and oxygen atoms in total. The Balaban J connectivity index is 2.23. The third-order valence-corrected chi connectivity index (χ3v) is 4.67. The maximum absolute atomic E-state index is 9.92. The van der Waals surface area contributed by atoms with Gasteiger partial charge in [-0.3, -0.25) is 0 Å². The molecular weight excluding hydrogens is 354 g/mol. The summed E-state index contributed by atoms with van der Waals surface area (Å²) in [7, 11) is 0. The Bertz CT molecular complexity index is 845. The highest BCUT2D eigenvalue weighted by Gasteiger charge is 2.22. The molecule has 0 saturated carbocycles. The molecule has 3 aromatic rings. The number of nitrogens with zero attached hydrogens (tertiary/aromatic N) is 1. The van der Waals surface area contributed by atoms with E-state index in [0.29, 0.717) is 17.0 Å². The van der Waals surface area contributed by atoms with Gasteiger partial charge in [-0.05, 0) is 38.0 Å². The third kappa shape index (κ3) is 2.84. The first kappa shape index (κ1) is 16.0. The summed E-state index contributed by atoms with van der Waals surface area (Å²) >= 11 is 3.54. The van der Waals surface area contributed by atoms with Gasteiger partial charge in [0.15, 0.2) is 5.76 Å². The Morgan fingerprint density at radius 3 is 2.35 bits per heavy atom. The van der Waals surface area contributed by atoms with E-state index in [-0.39, 0.29) is 6.61 Å². The molecule has 23 heavy (non-hydrogen) atoms. The fourth-order valence-corrected chi connectivity index (χ4v) is 3.53. The van der Waals surface area contributed by atoms with E-state index in [1.165, 1.54) is 5.56 Å². The van der Waals surface area contributed by atoms with Gasteiger partial charge in [-0.15, -0.1) is 0 Å². The Morgan fingerprint density at radius 1 is 1.09 bits per heavy atom. The molecule has 0 fully saturated rings. The van der Waals surface area contributed by atoms with Crippen LogP contribution in [0.4, 0.5) is 0 Å². The fourth-order valence-electron chi connectivity index (χ4n) is 3.06. The predicted molar refractivity (Wildman–Crippen MR) is 95.2 cm³/mol. The van der Waals surface area contributed by atoms with Gasteiger partial charge in [0.25, 0.3) is 0 Å². The minimum absolute atomic E-state index is 0.123. The minimum atomic E-state index is -0.123. The van der Waals surface area contributed by atoms with Crippen LogP contribution in [0.25, 0.3) is 22.6 Å². The normalized spacial score (nSPS) is 11.0. The first-order chi connectivity index (χ1) is 11.0. The van der Waals surface area contributed by atoms with Crippen molar-refractivity contribution in [3.63, 3.8) is 0 Å². The zero-order valence-corrected chi connectivity index (χ0v) is 14.9. The van der Waals surface area contributed by atoms with Gasteiger partial charge in [0.2, 0.25) is 0 Å². The summed E-state index contributed by atoms with van der Waals surface area (Å²) in [5.41, 5.74) is 6.75. The van der Waals surface area contributed by atoms with Gasteiger partial charge in [-0.1, -0.05) is 57.0 Å². The van der Waals surface area contributed by atoms with Crippen LogP contribution >= 0.6 is 15.9 Å². The zero-order valence-electron chi connectivity index (χ0n) is 13.4. The first-order valence-corrected chi connectivity index (χ1v) is 8.24. The number of rotatable bonds is 3. The number of benzene rings is 2. The van der Waals surface area contributed by atoms with E-state index < -0.39 is 0 Å². The predicted octanol–water partition coefficient (Wildman–Crippen LogP) is 5.19. The summed E-state index contributed by atoms with van der Waals surface area (Å²) in [5, 5.41) is 14.2. The summed E-state index contributed by atoms with van der Waals surface area (Å²) in [5.74, 6) is 0.647. The molecule has 118 valence electrons. The number of aliphatic hydroxyl groups excluding tert-OH is 1. The zero-order chi connectivity index (χ0) is 16.6. The molecule has 0 saturated heterocycles. The van der Waals surface area contributed by atoms with E-state index in [1.807, 2.05) is 24.3 Å². The van der Waals surface area contributed by atoms with Crippen molar-refractivity contribution < 1.29 is 9.63 Å². The van der Waals surface area contributed by atoms with E-state index >= 15 is 0 Å². The highest BCUT2D eigenvalue weighted by molar-refractivity contribution is 9.10. The van der Waals surface area contributed by atoms with Gasteiger partial charge < -0.3 is 9.63 Å². The van der Waals surface area contributed by atoms with Gasteiger partial charge in [0.05, 0.1) is 12.2 Å². The van der Waals surface area contributed by atoms with Crippen molar-refractivity contribution in [3.05, 3.63) is 63.1 Å². The fraction of sp³-hybridized carbons (Fsp3) is 0.211. The Kier molecular flexibility index (Phi) is 4.37. The molecule has 4 heteroatoms. The lowest BCUT2D eigenvalue weighted by Crippen LogP contribution is -1.94. The molecule has 0 aliphatic heterocycles. The van der Waals surface area contributed by atoms with Crippen LogP contribution in [0.2, 0.25) is 0 Å². The molecule has 0 unspecified atom stereocenters. The summed E-state index contributed by atoms with van der Waals surface area (Å²) in [4.78, 5) is 0. The van der Waals surface area contributed by atoms with E-state index in [0.717, 1.165) is 26.7 Å². The van der Waals surface area contributed by atoms with Crippen LogP contribution in [0.3, 0.4) is 0 Å². The van der Waals surface area contributed by atoms with Crippen molar-refractivity contribution in [2.45, 2.75) is 27.4 Å². The average molecular weight is 372 g/mol.